The largest absolute Gasteiger partial charge is 0.384 e. The molecule has 1 atom stereocenters. The van der Waals surface area contributed by atoms with E-state index in [0.717, 1.165) is 18.4 Å². The minimum absolute atomic E-state index is 0.110. The van der Waals surface area contributed by atoms with Crippen molar-refractivity contribution in [3.8, 4) is 0 Å². The Labute approximate surface area is 78.1 Å². The molecule has 1 heterocycles. The van der Waals surface area contributed by atoms with E-state index in [1.165, 1.54) is 0 Å². The predicted molar refractivity (Wildman–Crippen MR) is 52.6 cm³/mol. The van der Waals surface area contributed by atoms with Crippen LogP contribution in [0.2, 0.25) is 0 Å². The summed E-state index contributed by atoms with van der Waals surface area (Å²) < 4.78 is 1.65. The van der Waals surface area contributed by atoms with Crippen LogP contribution < -0.4 is 17.0 Å². The van der Waals surface area contributed by atoms with Gasteiger partial charge in [0.1, 0.15) is 5.82 Å². The van der Waals surface area contributed by atoms with E-state index in [0.29, 0.717) is 5.82 Å². The van der Waals surface area contributed by atoms with Crippen LogP contribution in [0.1, 0.15) is 31.4 Å². The van der Waals surface area contributed by atoms with E-state index < -0.39 is 0 Å². The number of hydrogen-bond acceptors (Lipinski definition) is 4. The molecule has 0 fully saturated rings. The molecule has 0 spiro atoms. The van der Waals surface area contributed by atoms with Crippen molar-refractivity contribution in [1.82, 2.24) is 15.2 Å². The fourth-order valence-electron chi connectivity index (χ4n) is 1.35. The Hall–Kier alpha value is -1.07. The molecule has 1 aromatic heterocycles. The van der Waals surface area contributed by atoms with Crippen LogP contribution in [0.5, 0.6) is 0 Å². The summed E-state index contributed by atoms with van der Waals surface area (Å²) in [4.78, 5) is 0. The molecule has 0 amide bonds. The molecule has 1 unspecified atom stereocenters. The van der Waals surface area contributed by atoms with Crippen LogP contribution in [0, 0.1) is 0 Å². The van der Waals surface area contributed by atoms with Gasteiger partial charge in [-0.25, -0.2) is 0 Å². The lowest BCUT2D eigenvalue weighted by Crippen LogP contribution is -2.28. The second-order valence-electron chi connectivity index (χ2n) is 3.12. The van der Waals surface area contributed by atoms with E-state index in [1.807, 2.05) is 7.05 Å². The minimum Gasteiger partial charge on any atom is -0.384 e. The average Bonchev–Trinajstić information content (AvgIpc) is 2.45. The van der Waals surface area contributed by atoms with E-state index in [2.05, 4.69) is 17.4 Å². The van der Waals surface area contributed by atoms with Gasteiger partial charge in [-0.05, 0) is 6.42 Å². The number of nitrogens with zero attached hydrogens (tertiary/aromatic N) is 2. The number of aromatic nitrogens is 2. The molecule has 1 aromatic rings. The van der Waals surface area contributed by atoms with Crippen molar-refractivity contribution < 1.29 is 0 Å². The fourth-order valence-corrected chi connectivity index (χ4v) is 1.35. The Balaban J connectivity index is 2.84. The second-order valence-corrected chi connectivity index (χ2v) is 3.12. The van der Waals surface area contributed by atoms with Gasteiger partial charge in [-0.2, -0.15) is 5.10 Å². The minimum atomic E-state index is 0.110. The highest BCUT2D eigenvalue weighted by Crippen LogP contribution is 2.22. The zero-order valence-electron chi connectivity index (χ0n) is 8.12. The monoisotopic (exact) mass is 183 g/mol. The maximum absolute atomic E-state index is 5.81. The maximum Gasteiger partial charge on any atom is 0.126 e. The molecule has 13 heavy (non-hydrogen) atoms. The van der Waals surface area contributed by atoms with Crippen molar-refractivity contribution in [3.05, 3.63) is 11.8 Å². The van der Waals surface area contributed by atoms with Crippen LogP contribution in [-0.2, 0) is 7.05 Å². The van der Waals surface area contributed by atoms with Crippen LogP contribution in [0.3, 0.4) is 0 Å². The quantitative estimate of drug-likeness (QED) is 0.463. The van der Waals surface area contributed by atoms with Gasteiger partial charge in [0.25, 0.3) is 0 Å². The summed E-state index contributed by atoms with van der Waals surface area (Å²) in [6, 6.07) is 0.110. The molecule has 5 N–H and O–H groups in total. The molecular formula is C8H17N5. The summed E-state index contributed by atoms with van der Waals surface area (Å²) in [6.07, 6.45) is 3.78. The lowest BCUT2D eigenvalue weighted by atomic mass is 10.1. The van der Waals surface area contributed by atoms with Crippen LogP contribution in [0.25, 0.3) is 0 Å². The van der Waals surface area contributed by atoms with Crippen molar-refractivity contribution in [1.29, 1.82) is 0 Å². The molecule has 0 bridgehead atoms. The van der Waals surface area contributed by atoms with Crippen LogP contribution in [0.15, 0.2) is 6.20 Å². The summed E-state index contributed by atoms with van der Waals surface area (Å²) in [5.41, 5.74) is 9.53. The number of nitrogen functional groups attached to an aromatic ring is 1. The first-order chi connectivity index (χ1) is 6.20. The van der Waals surface area contributed by atoms with Crippen LogP contribution >= 0.6 is 0 Å². The van der Waals surface area contributed by atoms with E-state index in [1.54, 1.807) is 10.9 Å². The Morgan fingerprint density at radius 2 is 2.38 bits per heavy atom. The Kier molecular flexibility index (Phi) is 3.27. The molecule has 0 aliphatic rings. The second kappa shape index (κ2) is 4.25. The van der Waals surface area contributed by atoms with Crippen molar-refractivity contribution >= 4 is 5.82 Å². The maximum atomic E-state index is 5.81. The first-order valence-corrected chi connectivity index (χ1v) is 4.44. The third kappa shape index (κ3) is 1.99. The number of nitrogens with two attached hydrogens (primary N) is 2. The average molecular weight is 183 g/mol. The fraction of sp³-hybridized carbons (Fsp3) is 0.625. The number of rotatable bonds is 4. The summed E-state index contributed by atoms with van der Waals surface area (Å²) >= 11 is 0. The molecule has 0 radical (unpaired) electrons. The number of hydrazine groups is 1. The van der Waals surface area contributed by atoms with Gasteiger partial charge in [-0.1, -0.05) is 13.3 Å². The SMILES string of the molecule is CCCC(NN)c1cnn(C)c1N. The first kappa shape index (κ1) is 10.0. The van der Waals surface area contributed by atoms with Crippen molar-refractivity contribution in [3.63, 3.8) is 0 Å². The predicted octanol–water partition coefficient (Wildman–Crippen LogP) is 0.307. The molecule has 0 aliphatic heterocycles. The first-order valence-electron chi connectivity index (χ1n) is 4.44. The van der Waals surface area contributed by atoms with Crippen molar-refractivity contribution in [2.45, 2.75) is 25.8 Å². The van der Waals surface area contributed by atoms with Gasteiger partial charge < -0.3 is 5.73 Å². The Morgan fingerprint density at radius 3 is 2.77 bits per heavy atom. The van der Waals surface area contributed by atoms with Gasteiger partial charge in [-0.3, -0.25) is 16.0 Å². The molecule has 0 saturated carbocycles. The molecule has 0 saturated heterocycles. The number of anilines is 1. The highest BCUT2D eigenvalue weighted by molar-refractivity contribution is 5.40. The molecule has 0 aliphatic carbocycles. The highest BCUT2D eigenvalue weighted by Gasteiger charge is 2.14. The van der Waals surface area contributed by atoms with Crippen molar-refractivity contribution in [2.75, 3.05) is 5.73 Å². The van der Waals surface area contributed by atoms with E-state index in [-0.39, 0.29) is 6.04 Å². The molecule has 5 heteroatoms. The van der Waals surface area contributed by atoms with Crippen LogP contribution in [0.4, 0.5) is 5.82 Å². The normalized spacial score (nSPS) is 13.2. The highest BCUT2D eigenvalue weighted by atomic mass is 15.3. The van der Waals surface area contributed by atoms with E-state index >= 15 is 0 Å². The Morgan fingerprint density at radius 1 is 1.69 bits per heavy atom. The summed E-state index contributed by atoms with van der Waals surface area (Å²) in [5, 5.41) is 4.06. The molecule has 5 nitrogen and oxygen atoms in total. The number of aryl methyl sites for hydroxylation is 1. The third-order valence-corrected chi connectivity index (χ3v) is 2.17. The zero-order chi connectivity index (χ0) is 9.84. The van der Waals surface area contributed by atoms with Gasteiger partial charge in [0.05, 0.1) is 12.2 Å². The topological polar surface area (TPSA) is 81.9 Å². The molecule has 74 valence electrons. The Bertz CT molecular complexity index is 267. The molecular weight excluding hydrogens is 166 g/mol. The third-order valence-electron chi connectivity index (χ3n) is 2.17. The van der Waals surface area contributed by atoms with Crippen LogP contribution in [-0.4, -0.2) is 9.78 Å². The van der Waals surface area contributed by atoms with E-state index in [9.17, 15) is 0 Å². The zero-order valence-corrected chi connectivity index (χ0v) is 8.12. The van der Waals surface area contributed by atoms with Gasteiger partial charge in [0, 0.05) is 12.6 Å². The smallest absolute Gasteiger partial charge is 0.126 e. The lowest BCUT2D eigenvalue weighted by molar-refractivity contribution is 0.511. The summed E-state index contributed by atoms with van der Waals surface area (Å²) in [5.74, 6) is 6.10. The van der Waals surface area contributed by atoms with E-state index in [4.69, 9.17) is 11.6 Å². The summed E-state index contributed by atoms with van der Waals surface area (Å²) in [6.45, 7) is 2.11. The van der Waals surface area contributed by atoms with Gasteiger partial charge in [0.15, 0.2) is 0 Å². The van der Waals surface area contributed by atoms with Crippen molar-refractivity contribution in [2.24, 2.45) is 12.9 Å². The van der Waals surface area contributed by atoms with Gasteiger partial charge in [0.2, 0.25) is 0 Å². The number of nitrogens with one attached hydrogen (secondary N) is 1. The lowest BCUT2D eigenvalue weighted by Gasteiger charge is -2.13. The number of hydrogen-bond donors (Lipinski definition) is 3. The summed E-state index contributed by atoms with van der Waals surface area (Å²) in [7, 11) is 1.82. The van der Waals surface area contributed by atoms with Gasteiger partial charge >= 0.3 is 0 Å². The van der Waals surface area contributed by atoms with Gasteiger partial charge in [-0.15, -0.1) is 0 Å². The molecule has 1 rings (SSSR count). The standard InChI is InChI=1S/C8H17N5/c1-3-4-7(12-10)6-5-11-13(2)8(6)9/h5,7,12H,3-4,9-10H2,1-2H3. The molecule has 0 aromatic carbocycles.